The number of aromatic nitrogens is 1. The second-order valence-corrected chi connectivity index (χ2v) is 11.6. The Hall–Kier alpha value is -2.86. The molecule has 2 aliphatic rings. The van der Waals surface area contributed by atoms with E-state index >= 15 is 0 Å². The molecule has 1 N–H and O–H groups in total. The van der Waals surface area contributed by atoms with Gasteiger partial charge in [-0.2, -0.15) is 0 Å². The van der Waals surface area contributed by atoms with Crippen molar-refractivity contribution in [3.8, 4) is 0 Å². The van der Waals surface area contributed by atoms with Crippen molar-refractivity contribution in [1.29, 1.82) is 0 Å². The van der Waals surface area contributed by atoms with Gasteiger partial charge in [0.2, 0.25) is 5.91 Å². The SMILES string of the molecule is C[C@@H](c1cccc(F)c1)N1CCN([C@H]2CCN(c3ccc(S(=O)(=O)Nc4nccs4)cc3)C2=O)CC1. The molecule has 3 heterocycles. The van der Waals surface area contributed by atoms with Crippen LogP contribution in [0, 0.1) is 5.82 Å². The van der Waals surface area contributed by atoms with Crippen molar-refractivity contribution < 1.29 is 17.6 Å². The van der Waals surface area contributed by atoms with E-state index in [0.717, 1.165) is 38.2 Å². The minimum Gasteiger partial charge on any atom is -0.311 e. The van der Waals surface area contributed by atoms with Crippen LogP contribution >= 0.6 is 11.3 Å². The lowest BCUT2D eigenvalue weighted by atomic mass is 10.1. The molecule has 0 radical (unpaired) electrons. The van der Waals surface area contributed by atoms with Crippen molar-refractivity contribution in [2.75, 3.05) is 42.3 Å². The first-order valence-electron chi connectivity index (χ1n) is 11.9. The lowest BCUT2D eigenvalue weighted by Crippen LogP contribution is -2.52. The molecule has 2 aromatic carbocycles. The number of anilines is 2. The van der Waals surface area contributed by atoms with Crippen molar-refractivity contribution in [3.63, 3.8) is 0 Å². The molecule has 2 aliphatic heterocycles. The highest BCUT2D eigenvalue weighted by Gasteiger charge is 2.38. The number of thiazole rings is 1. The number of carbonyl (C=O) groups is 1. The molecule has 2 saturated heterocycles. The van der Waals surface area contributed by atoms with Gasteiger partial charge in [-0.15, -0.1) is 11.3 Å². The van der Waals surface area contributed by atoms with Crippen molar-refractivity contribution >= 4 is 38.1 Å². The number of hydrogen-bond donors (Lipinski definition) is 1. The van der Waals surface area contributed by atoms with E-state index in [0.29, 0.717) is 17.4 Å². The van der Waals surface area contributed by atoms with Crippen LogP contribution in [0.2, 0.25) is 0 Å². The fourth-order valence-electron chi connectivity index (χ4n) is 4.93. The molecule has 36 heavy (non-hydrogen) atoms. The Morgan fingerprint density at radius 2 is 1.83 bits per heavy atom. The zero-order valence-corrected chi connectivity index (χ0v) is 21.5. The van der Waals surface area contributed by atoms with Crippen molar-refractivity contribution in [2.24, 2.45) is 0 Å². The van der Waals surface area contributed by atoms with Crippen LogP contribution in [0.25, 0.3) is 0 Å². The lowest BCUT2D eigenvalue weighted by molar-refractivity contribution is -0.122. The largest absolute Gasteiger partial charge is 0.311 e. The maximum absolute atomic E-state index is 13.6. The van der Waals surface area contributed by atoms with E-state index < -0.39 is 10.0 Å². The van der Waals surface area contributed by atoms with E-state index in [-0.39, 0.29) is 28.7 Å². The average Bonchev–Trinajstić information content (AvgIpc) is 3.53. The van der Waals surface area contributed by atoms with Crippen LogP contribution in [-0.4, -0.2) is 67.9 Å². The Labute approximate surface area is 214 Å². The fourth-order valence-corrected chi connectivity index (χ4v) is 6.72. The number of halogens is 1. The summed E-state index contributed by atoms with van der Waals surface area (Å²) in [6.07, 6.45) is 2.26. The molecule has 1 aromatic heterocycles. The zero-order chi connectivity index (χ0) is 25.3. The van der Waals surface area contributed by atoms with E-state index in [9.17, 15) is 17.6 Å². The summed E-state index contributed by atoms with van der Waals surface area (Å²) in [5, 5.41) is 2.00. The topological polar surface area (TPSA) is 85.8 Å². The van der Waals surface area contributed by atoms with Gasteiger partial charge >= 0.3 is 0 Å². The second kappa shape index (κ2) is 10.3. The van der Waals surface area contributed by atoms with Gasteiger partial charge in [-0.05, 0) is 55.3 Å². The molecule has 0 spiro atoms. The summed E-state index contributed by atoms with van der Waals surface area (Å²) < 4.78 is 41.3. The number of hydrogen-bond acceptors (Lipinski definition) is 7. The number of benzene rings is 2. The number of nitrogens with zero attached hydrogens (tertiary/aromatic N) is 4. The molecule has 190 valence electrons. The van der Waals surface area contributed by atoms with Crippen molar-refractivity contribution in [3.05, 3.63) is 71.5 Å². The molecule has 2 fully saturated rings. The maximum Gasteiger partial charge on any atom is 0.263 e. The van der Waals surface area contributed by atoms with Crippen LogP contribution in [0.1, 0.15) is 24.9 Å². The van der Waals surface area contributed by atoms with Crippen molar-refractivity contribution in [2.45, 2.75) is 30.3 Å². The first-order chi connectivity index (χ1) is 17.3. The van der Waals surface area contributed by atoms with Crippen LogP contribution < -0.4 is 9.62 Å². The first kappa shape index (κ1) is 24.8. The zero-order valence-electron chi connectivity index (χ0n) is 19.9. The van der Waals surface area contributed by atoms with Gasteiger partial charge in [0.05, 0.1) is 10.9 Å². The predicted octanol–water partition coefficient (Wildman–Crippen LogP) is 3.57. The normalized spacial score (nSPS) is 20.6. The molecule has 5 rings (SSSR count). The van der Waals surface area contributed by atoms with Gasteiger partial charge < -0.3 is 4.90 Å². The minimum absolute atomic E-state index is 0.0400. The summed E-state index contributed by atoms with van der Waals surface area (Å²) >= 11 is 1.21. The quantitative estimate of drug-likeness (QED) is 0.504. The number of nitrogens with one attached hydrogen (secondary N) is 1. The summed E-state index contributed by atoms with van der Waals surface area (Å²) in [7, 11) is -3.74. The highest BCUT2D eigenvalue weighted by atomic mass is 32.2. The molecule has 2 atom stereocenters. The molecule has 0 aliphatic carbocycles. The summed E-state index contributed by atoms with van der Waals surface area (Å²) in [6.45, 7) is 5.82. The summed E-state index contributed by atoms with van der Waals surface area (Å²) in [5.41, 5.74) is 1.65. The van der Waals surface area contributed by atoms with Gasteiger partial charge in [0, 0.05) is 56.0 Å². The number of sulfonamides is 1. The van der Waals surface area contributed by atoms with E-state index in [1.807, 2.05) is 6.07 Å². The van der Waals surface area contributed by atoms with Crippen LogP contribution in [0.4, 0.5) is 15.2 Å². The maximum atomic E-state index is 13.6. The summed E-state index contributed by atoms with van der Waals surface area (Å²) in [4.78, 5) is 23.6. The van der Waals surface area contributed by atoms with Crippen LogP contribution in [0.3, 0.4) is 0 Å². The standard InChI is InChI=1S/C25H28FN5O3S2/c1-18(19-3-2-4-20(26)17-19)29-12-14-30(15-13-29)23-9-11-31(24(23)32)21-5-7-22(8-6-21)36(33,34)28-25-27-10-16-35-25/h2-8,10,16-18,23H,9,11-15H2,1H3,(H,27,28)/t18-,23-/m0/s1. The Balaban J connectivity index is 1.19. The Kier molecular flexibility index (Phi) is 7.07. The molecule has 3 aromatic rings. The van der Waals surface area contributed by atoms with Gasteiger partial charge in [0.25, 0.3) is 10.0 Å². The van der Waals surface area contributed by atoms with Gasteiger partial charge in [-0.1, -0.05) is 12.1 Å². The Bertz CT molecular complexity index is 1310. The van der Waals surface area contributed by atoms with Gasteiger partial charge in [-0.3, -0.25) is 19.3 Å². The van der Waals surface area contributed by atoms with E-state index in [4.69, 9.17) is 0 Å². The highest BCUT2D eigenvalue weighted by molar-refractivity contribution is 7.93. The average molecular weight is 530 g/mol. The van der Waals surface area contributed by atoms with Gasteiger partial charge in [0.1, 0.15) is 5.82 Å². The summed E-state index contributed by atoms with van der Waals surface area (Å²) in [6, 6.07) is 13.0. The molecule has 8 nitrogen and oxygen atoms in total. The molecule has 0 saturated carbocycles. The third-order valence-corrected chi connectivity index (χ3v) is 9.13. The van der Waals surface area contributed by atoms with Gasteiger partial charge in [-0.25, -0.2) is 17.8 Å². The number of amides is 1. The lowest BCUT2D eigenvalue weighted by Gasteiger charge is -2.40. The highest BCUT2D eigenvalue weighted by Crippen LogP contribution is 2.28. The summed E-state index contributed by atoms with van der Waals surface area (Å²) in [5.74, 6) is -0.186. The molecular formula is C25H28FN5O3S2. The number of piperazine rings is 1. The minimum atomic E-state index is -3.74. The van der Waals surface area contributed by atoms with E-state index in [1.165, 1.54) is 35.7 Å². The van der Waals surface area contributed by atoms with E-state index in [1.54, 1.807) is 34.5 Å². The van der Waals surface area contributed by atoms with Crippen molar-refractivity contribution in [1.82, 2.24) is 14.8 Å². The molecule has 0 unspecified atom stereocenters. The molecular weight excluding hydrogens is 501 g/mol. The second-order valence-electron chi connectivity index (χ2n) is 9.03. The number of rotatable bonds is 7. The molecule has 0 bridgehead atoms. The predicted molar refractivity (Wildman–Crippen MR) is 138 cm³/mol. The van der Waals surface area contributed by atoms with E-state index in [2.05, 4.69) is 26.4 Å². The van der Waals surface area contributed by atoms with Crippen LogP contribution in [0.5, 0.6) is 0 Å². The molecule has 11 heteroatoms. The smallest absolute Gasteiger partial charge is 0.263 e. The fraction of sp³-hybridized carbons (Fsp3) is 0.360. The van der Waals surface area contributed by atoms with Crippen LogP contribution in [0.15, 0.2) is 65.0 Å². The Morgan fingerprint density at radius 3 is 2.50 bits per heavy atom. The third-order valence-electron chi connectivity index (χ3n) is 6.96. The third kappa shape index (κ3) is 5.15. The monoisotopic (exact) mass is 529 g/mol. The number of carbonyl (C=O) groups excluding carboxylic acids is 1. The molecule has 1 amide bonds. The Morgan fingerprint density at radius 1 is 1.08 bits per heavy atom. The van der Waals surface area contributed by atoms with Crippen LogP contribution in [-0.2, 0) is 14.8 Å². The van der Waals surface area contributed by atoms with Gasteiger partial charge in [0.15, 0.2) is 5.13 Å². The first-order valence-corrected chi connectivity index (χ1v) is 14.3.